The van der Waals surface area contributed by atoms with Crippen molar-refractivity contribution in [1.82, 2.24) is 10.3 Å². The van der Waals surface area contributed by atoms with E-state index in [1.165, 1.54) is 0 Å². The van der Waals surface area contributed by atoms with E-state index in [9.17, 15) is 4.79 Å². The van der Waals surface area contributed by atoms with Gasteiger partial charge in [-0.25, -0.2) is 4.98 Å². The fourth-order valence-electron chi connectivity index (χ4n) is 3.74. The van der Waals surface area contributed by atoms with E-state index >= 15 is 0 Å². The maximum Gasteiger partial charge on any atom is 0.224 e. The molecule has 1 aromatic heterocycles. The standard InChI is InChI=1S/C27H26N2O4/c1-31-21-10-11-22-20(14-23(29-24(22)16-21)19-7-5-4-6-8-19)15-27(30)28-17-18-9-12-25(32-2)26(13-18)33-3/h4-14,16H,15,17H2,1-3H3,(H,28,30). The van der Waals surface area contributed by atoms with Crippen LogP contribution in [0, 0.1) is 0 Å². The van der Waals surface area contributed by atoms with Crippen LogP contribution in [-0.2, 0) is 17.8 Å². The lowest BCUT2D eigenvalue weighted by Gasteiger charge is -2.12. The second kappa shape index (κ2) is 10.0. The minimum Gasteiger partial charge on any atom is -0.497 e. The SMILES string of the molecule is COc1ccc2c(CC(=O)NCc3ccc(OC)c(OC)c3)cc(-c3ccccc3)nc2c1. The Balaban J connectivity index is 1.58. The lowest BCUT2D eigenvalue weighted by molar-refractivity contribution is -0.120. The van der Waals surface area contributed by atoms with E-state index in [0.29, 0.717) is 18.0 Å². The molecule has 1 amide bonds. The molecule has 0 saturated carbocycles. The zero-order valence-electron chi connectivity index (χ0n) is 18.9. The van der Waals surface area contributed by atoms with Crippen molar-refractivity contribution in [1.29, 1.82) is 0 Å². The Kier molecular flexibility index (Phi) is 6.74. The molecule has 4 aromatic rings. The van der Waals surface area contributed by atoms with Crippen LogP contribution in [0.1, 0.15) is 11.1 Å². The van der Waals surface area contributed by atoms with Crippen LogP contribution in [0.3, 0.4) is 0 Å². The van der Waals surface area contributed by atoms with E-state index in [4.69, 9.17) is 19.2 Å². The molecule has 6 heteroatoms. The Morgan fingerprint density at radius 1 is 0.848 bits per heavy atom. The number of nitrogens with zero attached hydrogens (tertiary/aromatic N) is 1. The fourth-order valence-corrected chi connectivity index (χ4v) is 3.74. The van der Waals surface area contributed by atoms with Crippen LogP contribution in [0.25, 0.3) is 22.2 Å². The first-order valence-corrected chi connectivity index (χ1v) is 10.6. The molecule has 0 fully saturated rings. The van der Waals surface area contributed by atoms with Gasteiger partial charge < -0.3 is 19.5 Å². The summed E-state index contributed by atoms with van der Waals surface area (Å²) in [5.41, 5.74) is 4.44. The molecular formula is C27H26N2O4. The summed E-state index contributed by atoms with van der Waals surface area (Å²) in [4.78, 5) is 17.7. The van der Waals surface area contributed by atoms with Gasteiger partial charge in [0.05, 0.1) is 39.0 Å². The first-order valence-electron chi connectivity index (χ1n) is 10.6. The molecule has 6 nitrogen and oxygen atoms in total. The van der Waals surface area contributed by atoms with E-state index in [2.05, 4.69) is 5.32 Å². The molecule has 0 aliphatic heterocycles. The molecule has 0 aliphatic rings. The topological polar surface area (TPSA) is 69.7 Å². The lowest BCUT2D eigenvalue weighted by atomic mass is 10.0. The molecule has 1 N–H and O–H groups in total. The number of amides is 1. The summed E-state index contributed by atoms with van der Waals surface area (Å²) in [5.74, 6) is 1.93. The Labute approximate surface area is 193 Å². The van der Waals surface area contributed by atoms with E-state index in [-0.39, 0.29) is 12.3 Å². The quantitative estimate of drug-likeness (QED) is 0.425. The molecule has 3 aromatic carbocycles. The van der Waals surface area contributed by atoms with Crippen LogP contribution >= 0.6 is 0 Å². The van der Waals surface area contributed by atoms with Crippen molar-refractivity contribution in [3.63, 3.8) is 0 Å². The number of benzene rings is 3. The number of hydrogen-bond donors (Lipinski definition) is 1. The first kappa shape index (κ1) is 22.1. The van der Waals surface area contributed by atoms with E-state index < -0.39 is 0 Å². The number of hydrogen-bond acceptors (Lipinski definition) is 5. The van der Waals surface area contributed by atoms with Crippen LogP contribution in [-0.4, -0.2) is 32.2 Å². The lowest BCUT2D eigenvalue weighted by Crippen LogP contribution is -2.24. The highest BCUT2D eigenvalue weighted by molar-refractivity contribution is 5.90. The predicted molar refractivity (Wildman–Crippen MR) is 129 cm³/mol. The number of pyridine rings is 1. The number of fused-ring (bicyclic) bond motifs is 1. The third kappa shape index (κ3) is 5.06. The van der Waals surface area contributed by atoms with Gasteiger partial charge in [-0.2, -0.15) is 0 Å². The van der Waals surface area contributed by atoms with Crippen molar-refractivity contribution >= 4 is 16.8 Å². The minimum absolute atomic E-state index is 0.0767. The molecule has 33 heavy (non-hydrogen) atoms. The Morgan fingerprint density at radius 3 is 2.36 bits per heavy atom. The molecule has 1 heterocycles. The molecule has 4 rings (SSSR count). The van der Waals surface area contributed by atoms with Gasteiger partial charge in [-0.15, -0.1) is 0 Å². The van der Waals surface area contributed by atoms with Crippen molar-refractivity contribution in [2.24, 2.45) is 0 Å². The van der Waals surface area contributed by atoms with Gasteiger partial charge in [0, 0.05) is 23.6 Å². The molecule has 0 radical (unpaired) electrons. The van der Waals surface area contributed by atoms with Gasteiger partial charge in [0.1, 0.15) is 5.75 Å². The third-order valence-corrected chi connectivity index (χ3v) is 5.46. The van der Waals surface area contributed by atoms with Crippen molar-refractivity contribution in [3.05, 3.63) is 83.9 Å². The minimum atomic E-state index is -0.0767. The summed E-state index contributed by atoms with van der Waals surface area (Å²) in [6, 6.07) is 23.3. The summed E-state index contributed by atoms with van der Waals surface area (Å²) < 4.78 is 16.0. The first-order chi connectivity index (χ1) is 16.1. The maximum absolute atomic E-state index is 12.9. The zero-order chi connectivity index (χ0) is 23.2. The van der Waals surface area contributed by atoms with Crippen molar-refractivity contribution < 1.29 is 19.0 Å². The van der Waals surface area contributed by atoms with Crippen LogP contribution in [0.2, 0.25) is 0 Å². The molecule has 0 saturated heterocycles. The Bertz CT molecular complexity index is 1270. The van der Waals surface area contributed by atoms with Crippen LogP contribution in [0.5, 0.6) is 17.2 Å². The third-order valence-electron chi connectivity index (χ3n) is 5.46. The Hall–Kier alpha value is -4.06. The molecule has 0 bridgehead atoms. The second-order valence-electron chi connectivity index (χ2n) is 7.56. The van der Waals surface area contributed by atoms with E-state index in [0.717, 1.165) is 39.0 Å². The monoisotopic (exact) mass is 442 g/mol. The molecule has 0 atom stereocenters. The second-order valence-corrected chi connectivity index (χ2v) is 7.56. The average Bonchev–Trinajstić information content (AvgIpc) is 2.87. The highest BCUT2D eigenvalue weighted by atomic mass is 16.5. The van der Waals surface area contributed by atoms with E-state index in [1.54, 1.807) is 21.3 Å². The summed E-state index contributed by atoms with van der Waals surface area (Å²) in [5, 5.41) is 3.93. The average molecular weight is 443 g/mol. The highest BCUT2D eigenvalue weighted by Crippen LogP contribution is 2.29. The molecule has 0 unspecified atom stereocenters. The fraction of sp³-hybridized carbons (Fsp3) is 0.185. The Morgan fingerprint density at radius 2 is 1.64 bits per heavy atom. The maximum atomic E-state index is 12.9. The van der Waals surface area contributed by atoms with Gasteiger partial charge in [-0.1, -0.05) is 36.4 Å². The number of rotatable bonds is 8. The van der Waals surface area contributed by atoms with Crippen LogP contribution < -0.4 is 19.5 Å². The number of methoxy groups -OCH3 is 3. The van der Waals surface area contributed by atoms with E-state index in [1.807, 2.05) is 72.8 Å². The molecule has 0 aliphatic carbocycles. The van der Waals surface area contributed by atoms with Crippen LogP contribution in [0.15, 0.2) is 72.8 Å². The van der Waals surface area contributed by atoms with Gasteiger partial charge in [0.25, 0.3) is 0 Å². The summed E-state index contributed by atoms with van der Waals surface area (Å²) in [6.07, 6.45) is 0.235. The summed E-state index contributed by atoms with van der Waals surface area (Å²) in [6.45, 7) is 0.390. The number of carbonyl (C=O) groups is 1. The zero-order valence-corrected chi connectivity index (χ0v) is 18.9. The molecular weight excluding hydrogens is 416 g/mol. The smallest absolute Gasteiger partial charge is 0.224 e. The summed E-state index contributed by atoms with van der Waals surface area (Å²) in [7, 11) is 4.82. The van der Waals surface area contributed by atoms with Gasteiger partial charge in [0.15, 0.2) is 11.5 Å². The summed E-state index contributed by atoms with van der Waals surface area (Å²) >= 11 is 0. The van der Waals surface area contributed by atoms with Crippen molar-refractivity contribution in [2.45, 2.75) is 13.0 Å². The largest absolute Gasteiger partial charge is 0.497 e. The van der Waals surface area contributed by atoms with Gasteiger partial charge in [-0.3, -0.25) is 4.79 Å². The molecule has 0 spiro atoms. The van der Waals surface area contributed by atoms with Gasteiger partial charge >= 0.3 is 0 Å². The number of aromatic nitrogens is 1. The van der Waals surface area contributed by atoms with Crippen LogP contribution in [0.4, 0.5) is 0 Å². The molecule has 168 valence electrons. The van der Waals surface area contributed by atoms with Crippen molar-refractivity contribution in [3.8, 4) is 28.5 Å². The van der Waals surface area contributed by atoms with Gasteiger partial charge in [-0.05, 0) is 41.5 Å². The predicted octanol–water partition coefficient (Wildman–Crippen LogP) is 4.79. The highest BCUT2D eigenvalue weighted by Gasteiger charge is 2.13. The number of carbonyl (C=O) groups excluding carboxylic acids is 1. The van der Waals surface area contributed by atoms with Crippen molar-refractivity contribution in [2.75, 3.05) is 21.3 Å². The normalized spacial score (nSPS) is 10.6. The van der Waals surface area contributed by atoms with Gasteiger partial charge in [0.2, 0.25) is 5.91 Å². The number of ether oxygens (including phenoxy) is 3. The number of nitrogens with one attached hydrogen (secondary N) is 1.